The number of esters is 2. The maximum atomic E-state index is 12.5. The second-order valence-corrected chi connectivity index (χ2v) is 7.96. The van der Waals surface area contributed by atoms with Crippen LogP contribution in [0.2, 0.25) is 0 Å². The van der Waals surface area contributed by atoms with Gasteiger partial charge in [0.05, 0.1) is 7.11 Å². The first-order valence-corrected chi connectivity index (χ1v) is 10.8. The summed E-state index contributed by atoms with van der Waals surface area (Å²) in [5, 5.41) is 0. The lowest BCUT2D eigenvalue weighted by Crippen LogP contribution is -2.44. The van der Waals surface area contributed by atoms with Crippen molar-refractivity contribution in [1.29, 1.82) is 0 Å². The van der Waals surface area contributed by atoms with E-state index in [1.165, 1.54) is 13.2 Å². The summed E-state index contributed by atoms with van der Waals surface area (Å²) in [6.07, 6.45) is 3.56. The molecule has 1 fully saturated rings. The van der Waals surface area contributed by atoms with Crippen molar-refractivity contribution < 1.29 is 38.0 Å². The Kier molecular flexibility index (Phi) is 6.44. The first-order valence-electron chi connectivity index (χ1n) is 10.8. The third kappa shape index (κ3) is 5.05. The second kappa shape index (κ2) is 9.44. The average Bonchev–Trinajstić information content (AvgIpc) is 3.27. The standard InChI is InChI=1S/C25H26O8/c1-4-5-10-25(2)32-23(26)18(24(27)33-25)11-16-6-8-19(21(12-16)28-3)29-14-17-7-9-20-22(13-17)31-15-30-20/h6-9,11-13H,4-5,10,14-15H2,1-3H3. The number of unbranched alkanes of at least 4 members (excludes halogenated alkanes) is 1. The van der Waals surface area contributed by atoms with E-state index in [0.29, 0.717) is 41.6 Å². The van der Waals surface area contributed by atoms with Gasteiger partial charge in [0.25, 0.3) is 5.79 Å². The molecule has 0 unspecified atom stereocenters. The number of hydrogen-bond donors (Lipinski definition) is 0. The molecule has 4 rings (SSSR count). The zero-order valence-electron chi connectivity index (χ0n) is 18.8. The van der Waals surface area contributed by atoms with Gasteiger partial charge in [-0.05, 0) is 47.9 Å². The Hall–Kier alpha value is -3.68. The van der Waals surface area contributed by atoms with Crippen LogP contribution in [0.15, 0.2) is 42.0 Å². The predicted molar refractivity (Wildman–Crippen MR) is 118 cm³/mol. The maximum absolute atomic E-state index is 12.5. The number of benzene rings is 2. The van der Waals surface area contributed by atoms with E-state index in [2.05, 4.69) is 0 Å². The summed E-state index contributed by atoms with van der Waals surface area (Å²) in [6.45, 7) is 4.12. The fourth-order valence-electron chi connectivity index (χ4n) is 3.58. The largest absolute Gasteiger partial charge is 0.493 e. The van der Waals surface area contributed by atoms with Crippen molar-refractivity contribution >= 4 is 18.0 Å². The molecule has 2 aliphatic heterocycles. The van der Waals surface area contributed by atoms with Crippen molar-refractivity contribution in [3.63, 3.8) is 0 Å². The normalized spacial score (nSPS) is 19.1. The highest BCUT2D eigenvalue weighted by atomic mass is 16.7. The second-order valence-electron chi connectivity index (χ2n) is 7.96. The van der Waals surface area contributed by atoms with Crippen LogP contribution in [0.25, 0.3) is 6.08 Å². The summed E-state index contributed by atoms with van der Waals surface area (Å²) in [6, 6.07) is 10.7. The minimum Gasteiger partial charge on any atom is -0.493 e. The molecule has 0 aliphatic carbocycles. The first-order chi connectivity index (χ1) is 15.9. The van der Waals surface area contributed by atoms with E-state index < -0.39 is 17.7 Å². The molecule has 2 aliphatic rings. The molecule has 0 amide bonds. The number of fused-ring (bicyclic) bond motifs is 1. The number of rotatable bonds is 8. The molecule has 1 saturated heterocycles. The average molecular weight is 454 g/mol. The molecule has 174 valence electrons. The number of carbonyl (C=O) groups excluding carboxylic acids is 2. The SMILES string of the molecule is CCCCC1(C)OC(=O)C(=Cc2ccc(OCc3ccc4c(c3)OCO4)c(OC)c2)C(=O)O1. The van der Waals surface area contributed by atoms with Crippen LogP contribution in [0.1, 0.15) is 44.2 Å². The van der Waals surface area contributed by atoms with Crippen LogP contribution in [-0.4, -0.2) is 31.6 Å². The Labute approximate surface area is 192 Å². The van der Waals surface area contributed by atoms with Crippen LogP contribution in [0, 0.1) is 0 Å². The molecule has 33 heavy (non-hydrogen) atoms. The molecule has 2 heterocycles. The zero-order valence-corrected chi connectivity index (χ0v) is 18.8. The summed E-state index contributed by atoms with van der Waals surface area (Å²) in [5.74, 6) is -0.278. The number of ether oxygens (including phenoxy) is 6. The van der Waals surface area contributed by atoms with Crippen LogP contribution in [0.4, 0.5) is 0 Å². The summed E-state index contributed by atoms with van der Waals surface area (Å²) in [5.41, 5.74) is 1.31. The van der Waals surface area contributed by atoms with E-state index in [1.807, 2.05) is 25.1 Å². The lowest BCUT2D eigenvalue weighted by Gasteiger charge is -2.33. The van der Waals surface area contributed by atoms with Gasteiger partial charge in [-0.15, -0.1) is 0 Å². The summed E-state index contributed by atoms with van der Waals surface area (Å²) < 4.78 is 32.9. The van der Waals surface area contributed by atoms with Crippen molar-refractivity contribution in [2.24, 2.45) is 0 Å². The third-order valence-electron chi connectivity index (χ3n) is 5.37. The highest BCUT2D eigenvalue weighted by molar-refractivity contribution is 6.18. The number of hydrogen-bond acceptors (Lipinski definition) is 8. The quantitative estimate of drug-likeness (QED) is 0.330. The highest BCUT2D eigenvalue weighted by Gasteiger charge is 2.41. The monoisotopic (exact) mass is 454 g/mol. The molecular weight excluding hydrogens is 428 g/mol. The summed E-state index contributed by atoms with van der Waals surface area (Å²) in [7, 11) is 1.52. The molecule has 2 aromatic rings. The van der Waals surface area contributed by atoms with Gasteiger partial charge in [0, 0.05) is 13.3 Å². The molecule has 0 atom stereocenters. The third-order valence-corrected chi connectivity index (χ3v) is 5.37. The molecule has 0 spiro atoms. The van der Waals surface area contributed by atoms with Gasteiger partial charge in [-0.3, -0.25) is 0 Å². The van der Waals surface area contributed by atoms with Crippen LogP contribution >= 0.6 is 0 Å². The lowest BCUT2D eigenvalue weighted by molar-refractivity contribution is -0.230. The van der Waals surface area contributed by atoms with Gasteiger partial charge < -0.3 is 28.4 Å². The van der Waals surface area contributed by atoms with E-state index in [-0.39, 0.29) is 12.4 Å². The Morgan fingerprint density at radius 1 is 1.00 bits per heavy atom. The van der Waals surface area contributed by atoms with Crippen molar-refractivity contribution in [2.75, 3.05) is 13.9 Å². The van der Waals surface area contributed by atoms with Crippen molar-refractivity contribution in [3.8, 4) is 23.0 Å². The van der Waals surface area contributed by atoms with Gasteiger partial charge in [0.2, 0.25) is 6.79 Å². The molecular formula is C25H26O8. The molecule has 8 nitrogen and oxygen atoms in total. The van der Waals surface area contributed by atoms with Gasteiger partial charge in [0.1, 0.15) is 12.2 Å². The molecule has 0 bridgehead atoms. The van der Waals surface area contributed by atoms with Gasteiger partial charge in [-0.25, -0.2) is 9.59 Å². The predicted octanol–water partition coefficient (Wildman–Crippen LogP) is 4.39. The topological polar surface area (TPSA) is 89.5 Å². The minimum atomic E-state index is -1.23. The van der Waals surface area contributed by atoms with Gasteiger partial charge in [0.15, 0.2) is 23.0 Å². The molecule has 0 saturated carbocycles. The van der Waals surface area contributed by atoms with Gasteiger partial charge in [-0.1, -0.05) is 25.5 Å². The van der Waals surface area contributed by atoms with E-state index in [0.717, 1.165) is 18.4 Å². The van der Waals surface area contributed by atoms with E-state index in [4.69, 9.17) is 28.4 Å². The fraction of sp³-hybridized carbons (Fsp3) is 0.360. The number of methoxy groups -OCH3 is 1. The Bertz CT molecular complexity index is 1070. The lowest BCUT2D eigenvalue weighted by atomic mass is 10.1. The van der Waals surface area contributed by atoms with Crippen LogP contribution in [0.5, 0.6) is 23.0 Å². The summed E-state index contributed by atoms with van der Waals surface area (Å²) in [4.78, 5) is 25.0. The Morgan fingerprint density at radius 2 is 1.76 bits per heavy atom. The number of carbonyl (C=O) groups is 2. The van der Waals surface area contributed by atoms with Crippen LogP contribution in [-0.2, 0) is 25.7 Å². The number of cyclic esters (lactones) is 2. The molecule has 0 aromatic heterocycles. The Morgan fingerprint density at radius 3 is 2.48 bits per heavy atom. The van der Waals surface area contributed by atoms with Gasteiger partial charge >= 0.3 is 11.9 Å². The van der Waals surface area contributed by atoms with Gasteiger partial charge in [-0.2, -0.15) is 0 Å². The smallest absolute Gasteiger partial charge is 0.348 e. The van der Waals surface area contributed by atoms with Crippen molar-refractivity contribution in [1.82, 2.24) is 0 Å². The molecule has 2 aromatic carbocycles. The first kappa shape index (κ1) is 22.5. The molecule has 0 N–H and O–H groups in total. The summed E-state index contributed by atoms with van der Waals surface area (Å²) >= 11 is 0. The van der Waals surface area contributed by atoms with E-state index >= 15 is 0 Å². The fourth-order valence-corrected chi connectivity index (χ4v) is 3.58. The maximum Gasteiger partial charge on any atom is 0.348 e. The van der Waals surface area contributed by atoms with E-state index in [9.17, 15) is 9.59 Å². The van der Waals surface area contributed by atoms with E-state index in [1.54, 1.807) is 25.1 Å². The zero-order chi connectivity index (χ0) is 23.4. The highest BCUT2D eigenvalue weighted by Crippen LogP contribution is 2.35. The van der Waals surface area contributed by atoms with Crippen molar-refractivity contribution in [2.45, 2.75) is 45.5 Å². The van der Waals surface area contributed by atoms with Crippen molar-refractivity contribution in [3.05, 3.63) is 53.1 Å². The van der Waals surface area contributed by atoms with Crippen LogP contribution in [0.3, 0.4) is 0 Å². The minimum absolute atomic E-state index is 0.167. The molecule has 8 heteroatoms. The van der Waals surface area contributed by atoms with Crippen LogP contribution < -0.4 is 18.9 Å². The molecule has 0 radical (unpaired) electrons. The Balaban J connectivity index is 1.47.